The molecule has 0 saturated carbocycles. The number of ether oxygens (including phenoxy) is 1. The summed E-state index contributed by atoms with van der Waals surface area (Å²) < 4.78 is 7.69. The van der Waals surface area contributed by atoms with Gasteiger partial charge in [0.25, 0.3) is 0 Å². The van der Waals surface area contributed by atoms with Crippen LogP contribution < -0.4 is 4.74 Å². The number of hydrogen-bond donors (Lipinski definition) is 0. The second kappa shape index (κ2) is 5.56. The van der Waals surface area contributed by atoms with E-state index in [0.29, 0.717) is 12.4 Å². The van der Waals surface area contributed by atoms with Crippen LogP contribution in [0.2, 0.25) is 0 Å². The molecule has 0 atom stereocenters. The smallest absolute Gasteiger partial charge is 0.189 e. The van der Waals surface area contributed by atoms with Crippen molar-refractivity contribution in [3.05, 3.63) is 78.9 Å². The molecule has 0 unspecified atom stereocenters. The summed E-state index contributed by atoms with van der Waals surface area (Å²) >= 11 is 0. The first-order valence-corrected chi connectivity index (χ1v) is 8.08. The predicted molar refractivity (Wildman–Crippen MR) is 96.6 cm³/mol. The monoisotopic (exact) mass is 326 g/mol. The lowest BCUT2D eigenvalue weighted by Crippen LogP contribution is -1.98. The fourth-order valence-electron chi connectivity index (χ4n) is 3.05. The first-order chi connectivity index (χ1) is 12.4. The maximum absolute atomic E-state index is 5.99. The van der Waals surface area contributed by atoms with Crippen molar-refractivity contribution >= 4 is 27.3 Å². The lowest BCUT2D eigenvalue weighted by atomic mass is 10.1. The topological polar surface area (TPSA) is 52.3 Å². The number of nitrogens with zero attached hydrogens (tertiary/aromatic N) is 4. The van der Waals surface area contributed by atoms with Crippen LogP contribution in [0.1, 0.15) is 5.82 Å². The fourth-order valence-corrected chi connectivity index (χ4v) is 3.05. The summed E-state index contributed by atoms with van der Waals surface area (Å²) in [7, 11) is 0. The number of para-hydroxylation sites is 1. The fraction of sp³-hybridized carbons (Fsp3) is 0.0500. The Morgan fingerprint density at radius 2 is 1.64 bits per heavy atom. The number of fused-ring (bicyclic) bond motifs is 4. The Bertz CT molecular complexity index is 1210. The molecular formula is C20H14N4O. The largest absolute Gasteiger partial charge is 0.485 e. The molecular weight excluding hydrogens is 312 g/mol. The van der Waals surface area contributed by atoms with Crippen molar-refractivity contribution < 1.29 is 4.74 Å². The van der Waals surface area contributed by atoms with Crippen LogP contribution in [0.25, 0.3) is 27.3 Å². The van der Waals surface area contributed by atoms with Crippen LogP contribution in [0.15, 0.2) is 73.1 Å². The molecule has 0 bridgehead atoms. The van der Waals surface area contributed by atoms with E-state index in [1.165, 1.54) is 0 Å². The van der Waals surface area contributed by atoms with Crippen LogP contribution in [-0.2, 0) is 6.61 Å². The zero-order valence-corrected chi connectivity index (χ0v) is 13.3. The molecule has 0 aliphatic rings. The number of benzene rings is 3. The van der Waals surface area contributed by atoms with Crippen LogP contribution in [0.3, 0.4) is 0 Å². The van der Waals surface area contributed by atoms with Crippen LogP contribution >= 0.6 is 0 Å². The van der Waals surface area contributed by atoms with Gasteiger partial charge >= 0.3 is 0 Å². The highest BCUT2D eigenvalue weighted by molar-refractivity contribution is 5.90. The Balaban J connectivity index is 1.51. The zero-order chi connectivity index (χ0) is 16.6. The molecule has 2 heterocycles. The van der Waals surface area contributed by atoms with Crippen LogP contribution in [0.4, 0.5) is 0 Å². The highest BCUT2D eigenvalue weighted by Gasteiger charge is 2.09. The van der Waals surface area contributed by atoms with Gasteiger partial charge in [0, 0.05) is 10.8 Å². The van der Waals surface area contributed by atoms with E-state index in [1.54, 1.807) is 10.8 Å². The summed E-state index contributed by atoms with van der Waals surface area (Å²) in [5.41, 5.74) is 1.70. The van der Waals surface area contributed by atoms with Crippen molar-refractivity contribution in [3.63, 3.8) is 0 Å². The van der Waals surface area contributed by atoms with E-state index in [9.17, 15) is 0 Å². The molecule has 0 amide bonds. The van der Waals surface area contributed by atoms with Gasteiger partial charge in [-0.15, -0.1) is 5.10 Å². The molecule has 5 rings (SSSR count). The van der Waals surface area contributed by atoms with E-state index >= 15 is 0 Å². The molecule has 0 aliphatic heterocycles. The minimum Gasteiger partial charge on any atom is -0.485 e. The van der Waals surface area contributed by atoms with Gasteiger partial charge in [0.05, 0.1) is 5.52 Å². The standard InChI is InChI=1S/C20H14N4O/c1-2-8-15-14(6-1)7-5-11-18(15)25-12-19-22-20-16-9-3-4-10-17(16)21-13-24(20)23-19/h1-11,13H,12H2. The van der Waals surface area contributed by atoms with E-state index in [4.69, 9.17) is 4.74 Å². The molecule has 2 aromatic heterocycles. The molecule has 5 nitrogen and oxygen atoms in total. The zero-order valence-electron chi connectivity index (χ0n) is 13.3. The molecule has 0 aliphatic carbocycles. The molecule has 3 aromatic carbocycles. The number of hydrogen-bond acceptors (Lipinski definition) is 4. The van der Waals surface area contributed by atoms with E-state index in [-0.39, 0.29) is 0 Å². The van der Waals surface area contributed by atoms with E-state index in [2.05, 4.69) is 33.3 Å². The van der Waals surface area contributed by atoms with Crippen LogP contribution in [0, 0.1) is 0 Å². The molecule has 120 valence electrons. The lowest BCUT2D eigenvalue weighted by Gasteiger charge is -2.07. The Morgan fingerprint density at radius 3 is 2.60 bits per heavy atom. The second-order valence-corrected chi connectivity index (χ2v) is 5.82. The van der Waals surface area contributed by atoms with Crippen molar-refractivity contribution in [3.8, 4) is 5.75 Å². The van der Waals surface area contributed by atoms with Crippen molar-refractivity contribution in [1.29, 1.82) is 0 Å². The van der Waals surface area contributed by atoms with Gasteiger partial charge in [-0.05, 0) is 23.6 Å². The molecule has 0 saturated heterocycles. The minimum absolute atomic E-state index is 0.310. The van der Waals surface area contributed by atoms with Gasteiger partial charge in [0.1, 0.15) is 18.7 Å². The van der Waals surface area contributed by atoms with Crippen molar-refractivity contribution in [2.75, 3.05) is 0 Å². The Hall–Kier alpha value is -3.47. The first kappa shape index (κ1) is 13.9. The third-order valence-electron chi connectivity index (χ3n) is 4.23. The maximum Gasteiger partial charge on any atom is 0.189 e. The molecule has 0 fully saturated rings. The third-order valence-corrected chi connectivity index (χ3v) is 4.23. The summed E-state index contributed by atoms with van der Waals surface area (Å²) in [5, 5.41) is 7.69. The molecule has 0 N–H and O–H groups in total. The van der Waals surface area contributed by atoms with Crippen LogP contribution in [-0.4, -0.2) is 19.6 Å². The summed E-state index contributed by atoms with van der Waals surface area (Å²) in [5.74, 6) is 1.46. The molecule has 0 radical (unpaired) electrons. The molecule has 0 spiro atoms. The summed E-state index contributed by atoms with van der Waals surface area (Å²) in [6, 6.07) is 22.1. The average molecular weight is 326 g/mol. The van der Waals surface area contributed by atoms with E-state index in [0.717, 1.165) is 33.1 Å². The van der Waals surface area contributed by atoms with Gasteiger partial charge < -0.3 is 4.74 Å². The molecule has 25 heavy (non-hydrogen) atoms. The summed E-state index contributed by atoms with van der Waals surface area (Å²) in [4.78, 5) is 9.02. The quantitative estimate of drug-likeness (QED) is 0.503. The number of rotatable bonds is 3. The van der Waals surface area contributed by atoms with Gasteiger partial charge in [0.15, 0.2) is 11.5 Å². The van der Waals surface area contributed by atoms with Gasteiger partial charge in [-0.1, -0.05) is 48.5 Å². The predicted octanol–water partition coefficient (Wildman–Crippen LogP) is 4.01. The van der Waals surface area contributed by atoms with E-state index in [1.807, 2.05) is 48.5 Å². The normalized spacial score (nSPS) is 11.4. The summed E-state index contributed by atoms with van der Waals surface area (Å²) in [6.45, 7) is 0.310. The third kappa shape index (κ3) is 2.37. The average Bonchev–Trinajstić information content (AvgIpc) is 3.10. The SMILES string of the molecule is c1ccc2c(OCc3nc4c5ccccc5ncn4n3)cccc2c1. The Labute approximate surface area is 143 Å². The van der Waals surface area contributed by atoms with E-state index < -0.39 is 0 Å². The Kier molecular flexibility index (Phi) is 3.10. The van der Waals surface area contributed by atoms with Crippen molar-refractivity contribution in [2.24, 2.45) is 0 Å². The molecule has 5 aromatic rings. The van der Waals surface area contributed by atoms with Gasteiger partial charge in [-0.2, -0.15) is 0 Å². The number of aromatic nitrogens is 4. The van der Waals surface area contributed by atoms with Gasteiger partial charge in [-0.25, -0.2) is 14.5 Å². The minimum atomic E-state index is 0.310. The lowest BCUT2D eigenvalue weighted by molar-refractivity contribution is 0.300. The van der Waals surface area contributed by atoms with Crippen molar-refractivity contribution in [2.45, 2.75) is 6.61 Å². The highest BCUT2D eigenvalue weighted by Crippen LogP contribution is 2.25. The van der Waals surface area contributed by atoms with Gasteiger partial charge in [-0.3, -0.25) is 0 Å². The maximum atomic E-state index is 5.99. The second-order valence-electron chi connectivity index (χ2n) is 5.82. The summed E-state index contributed by atoms with van der Waals surface area (Å²) in [6.07, 6.45) is 1.69. The highest BCUT2D eigenvalue weighted by atomic mass is 16.5. The Morgan fingerprint density at radius 1 is 0.840 bits per heavy atom. The van der Waals surface area contributed by atoms with Crippen molar-refractivity contribution in [1.82, 2.24) is 19.6 Å². The molecule has 5 heteroatoms. The van der Waals surface area contributed by atoms with Crippen LogP contribution in [0.5, 0.6) is 5.75 Å². The first-order valence-electron chi connectivity index (χ1n) is 8.08. The van der Waals surface area contributed by atoms with Gasteiger partial charge in [0.2, 0.25) is 0 Å².